The zero-order valence-electron chi connectivity index (χ0n) is 10.3. The molecule has 2 aliphatic rings. The van der Waals surface area contributed by atoms with Crippen molar-refractivity contribution in [3.63, 3.8) is 0 Å². The maximum atomic E-state index is 6.51. The van der Waals surface area contributed by atoms with Gasteiger partial charge in [0.2, 0.25) is 0 Å². The zero-order valence-corrected chi connectivity index (χ0v) is 11.8. The van der Waals surface area contributed by atoms with Crippen molar-refractivity contribution in [2.45, 2.75) is 25.1 Å². The van der Waals surface area contributed by atoms with Gasteiger partial charge in [0, 0.05) is 17.5 Å². The quantitative estimate of drug-likeness (QED) is 0.749. The fourth-order valence-corrected chi connectivity index (χ4v) is 3.26. The molecule has 3 rings (SSSR count). The van der Waals surface area contributed by atoms with Gasteiger partial charge in [0.05, 0.1) is 18.6 Å². The Morgan fingerprint density at radius 1 is 1.22 bits per heavy atom. The SMILES string of the molecule is CC1CC1C(Cl)c1cc2c(cc1Cl)OCCCO2. The van der Waals surface area contributed by atoms with Gasteiger partial charge >= 0.3 is 0 Å². The predicted octanol–water partition coefficient (Wildman–Crippen LogP) is 4.44. The molecular weight excluding hydrogens is 271 g/mol. The topological polar surface area (TPSA) is 18.5 Å². The molecule has 0 saturated heterocycles. The van der Waals surface area contributed by atoms with Crippen LogP contribution in [0.3, 0.4) is 0 Å². The second-order valence-electron chi connectivity index (χ2n) is 5.15. The molecule has 0 spiro atoms. The van der Waals surface area contributed by atoms with Crippen LogP contribution in [0.1, 0.15) is 30.7 Å². The highest BCUT2D eigenvalue weighted by atomic mass is 35.5. The maximum Gasteiger partial charge on any atom is 0.162 e. The number of benzene rings is 1. The third-order valence-corrected chi connectivity index (χ3v) is 4.60. The van der Waals surface area contributed by atoms with E-state index in [0.717, 1.165) is 23.5 Å². The molecule has 1 aliphatic heterocycles. The van der Waals surface area contributed by atoms with Gasteiger partial charge in [-0.25, -0.2) is 0 Å². The Morgan fingerprint density at radius 3 is 2.44 bits per heavy atom. The fourth-order valence-electron chi connectivity index (χ4n) is 2.40. The second-order valence-corrected chi connectivity index (χ2v) is 6.03. The third kappa shape index (κ3) is 2.28. The van der Waals surface area contributed by atoms with Gasteiger partial charge in [-0.2, -0.15) is 0 Å². The van der Waals surface area contributed by atoms with Gasteiger partial charge in [-0.15, -0.1) is 11.6 Å². The van der Waals surface area contributed by atoms with Gasteiger partial charge in [-0.1, -0.05) is 18.5 Å². The van der Waals surface area contributed by atoms with Crippen LogP contribution in [0.5, 0.6) is 11.5 Å². The first-order chi connectivity index (χ1) is 8.66. The molecule has 0 aromatic heterocycles. The van der Waals surface area contributed by atoms with E-state index in [-0.39, 0.29) is 5.38 Å². The van der Waals surface area contributed by atoms with E-state index in [1.807, 2.05) is 12.1 Å². The molecule has 1 aromatic rings. The summed E-state index contributed by atoms with van der Waals surface area (Å²) in [5.41, 5.74) is 0.969. The molecule has 3 unspecified atom stereocenters. The molecule has 1 heterocycles. The Labute approximate surface area is 117 Å². The van der Waals surface area contributed by atoms with Gasteiger partial charge in [0.15, 0.2) is 11.5 Å². The molecule has 18 heavy (non-hydrogen) atoms. The number of ether oxygens (including phenoxy) is 2. The van der Waals surface area contributed by atoms with Crippen molar-refractivity contribution >= 4 is 23.2 Å². The minimum absolute atomic E-state index is 0.0235. The second kappa shape index (κ2) is 4.82. The minimum Gasteiger partial charge on any atom is -0.490 e. The van der Waals surface area contributed by atoms with E-state index in [4.69, 9.17) is 32.7 Å². The highest BCUT2D eigenvalue weighted by molar-refractivity contribution is 6.33. The lowest BCUT2D eigenvalue weighted by atomic mass is 10.1. The molecule has 0 amide bonds. The van der Waals surface area contributed by atoms with Crippen LogP contribution in [-0.4, -0.2) is 13.2 Å². The highest BCUT2D eigenvalue weighted by Crippen LogP contribution is 2.52. The molecule has 0 radical (unpaired) electrons. The van der Waals surface area contributed by atoms with Gasteiger partial charge in [0.25, 0.3) is 0 Å². The summed E-state index contributed by atoms with van der Waals surface area (Å²) in [7, 11) is 0. The molecule has 4 heteroatoms. The van der Waals surface area contributed by atoms with Crippen molar-refractivity contribution in [3.8, 4) is 11.5 Å². The van der Waals surface area contributed by atoms with Crippen LogP contribution < -0.4 is 9.47 Å². The Morgan fingerprint density at radius 2 is 1.83 bits per heavy atom. The van der Waals surface area contributed by atoms with Crippen molar-refractivity contribution in [1.82, 2.24) is 0 Å². The lowest BCUT2D eigenvalue weighted by Crippen LogP contribution is -1.99. The lowest BCUT2D eigenvalue weighted by molar-refractivity contribution is 0.297. The van der Waals surface area contributed by atoms with Crippen molar-refractivity contribution < 1.29 is 9.47 Å². The number of fused-ring (bicyclic) bond motifs is 1. The van der Waals surface area contributed by atoms with Crippen LogP contribution in [0.2, 0.25) is 5.02 Å². The molecule has 0 bridgehead atoms. The Balaban J connectivity index is 1.92. The lowest BCUT2D eigenvalue weighted by Gasteiger charge is -2.15. The van der Waals surface area contributed by atoms with E-state index in [9.17, 15) is 0 Å². The number of rotatable bonds is 2. The normalized spacial score (nSPS) is 27.5. The third-order valence-electron chi connectivity index (χ3n) is 3.71. The minimum atomic E-state index is -0.0235. The summed E-state index contributed by atoms with van der Waals surface area (Å²) in [6.45, 7) is 3.57. The van der Waals surface area contributed by atoms with Crippen molar-refractivity contribution in [3.05, 3.63) is 22.7 Å². The van der Waals surface area contributed by atoms with Gasteiger partial charge in [0.1, 0.15) is 0 Å². The zero-order chi connectivity index (χ0) is 12.7. The summed E-state index contributed by atoms with van der Waals surface area (Å²) in [4.78, 5) is 0. The maximum absolute atomic E-state index is 6.51. The molecule has 1 fully saturated rings. The molecule has 1 aromatic carbocycles. The highest BCUT2D eigenvalue weighted by Gasteiger charge is 2.40. The Kier molecular flexibility index (Phi) is 3.33. The standard InChI is InChI=1S/C14H16Cl2O2/c1-8-5-9(8)14(16)10-6-12-13(7-11(10)15)18-4-2-3-17-12/h6-9,14H,2-5H2,1H3. The van der Waals surface area contributed by atoms with E-state index in [0.29, 0.717) is 30.1 Å². The van der Waals surface area contributed by atoms with E-state index < -0.39 is 0 Å². The van der Waals surface area contributed by atoms with Crippen LogP contribution in [0.15, 0.2) is 12.1 Å². The smallest absolute Gasteiger partial charge is 0.162 e. The molecule has 2 nitrogen and oxygen atoms in total. The fraction of sp³-hybridized carbons (Fsp3) is 0.571. The first kappa shape index (κ1) is 12.4. The van der Waals surface area contributed by atoms with Gasteiger partial charge in [-0.05, 0) is 29.9 Å². The van der Waals surface area contributed by atoms with Crippen molar-refractivity contribution in [1.29, 1.82) is 0 Å². The molecule has 0 N–H and O–H groups in total. The first-order valence-electron chi connectivity index (χ1n) is 6.40. The Hall–Kier alpha value is -0.600. The van der Waals surface area contributed by atoms with E-state index in [1.54, 1.807) is 0 Å². The van der Waals surface area contributed by atoms with Gasteiger partial charge < -0.3 is 9.47 Å². The van der Waals surface area contributed by atoms with Crippen LogP contribution >= 0.6 is 23.2 Å². The average Bonchev–Trinajstić information content (AvgIpc) is 3.10. The molecule has 3 atom stereocenters. The summed E-state index contributed by atoms with van der Waals surface area (Å²) in [5.74, 6) is 2.73. The molecule has 1 saturated carbocycles. The Bertz CT molecular complexity index is 461. The number of hydrogen-bond acceptors (Lipinski definition) is 2. The summed E-state index contributed by atoms with van der Waals surface area (Å²) < 4.78 is 11.3. The van der Waals surface area contributed by atoms with Gasteiger partial charge in [-0.3, -0.25) is 0 Å². The van der Waals surface area contributed by atoms with E-state index in [2.05, 4.69) is 6.92 Å². The van der Waals surface area contributed by atoms with Crippen LogP contribution in [-0.2, 0) is 0 Å². The first-order valence-corrected chi connectivity index (χ1v) is 7.21. The summed E-state index contributed by atoms with van der Waals surface area (Å²) in [5, 5.41) is 0.656. The molecule has 1 aliphatic carbocycles. The van der Waals surface area contributed by atoms with E-state index in [1.165, 1.54) is 6.42 Å². The van der Waals surface area contributed by atoms with Crippen molar-refractivity contribution in [2.24, 2.45) is 11.8 Å². The predicted molar refractivity (Wildman–Crippen MR) is 72.9 cm³/mol. The van der Waals surface area contributed by atoms with Crippen LogP contribution in [0.25, 0.3) is 0 Å². The monoisotopic (exact) mass is 286 g/mol. The molecule has 98 valence electrons. The average molecular weight is 287 g/mol. The summed E-state index contributed by atoms with van der Waals surface area (Å²) >= 11 is 12.8. The number of hydrogen-bond donors (Lipinski definition) is 0. The summed E-state index contributed by atoms with van der Waals surface area (Å²) in [6.07, 6.45) is 2.07. The largest absolute Gasteiger partial charge is 0.490 e. The van der Waals surface area contributed by atoms with E-state index >= 15 is 0 Å². The van der Waals surface area contributed by atoms with Crippen LogP contribution in [0, 0.1) is 11.8 Å². The van der Waals surface area contributed by atoms with Crippen LogP contribution in [0.4, 0.5) is 0 Å². The van der Waals surface area contributed by atoms with Crippen molar-refractivity contribution in [2.75, 3.05) is 13.2 Å². The summed E-state index contributed by atoms with van der Waals surface area (Å²) in [6, 6.07) is 3.78. The number of halogens is 2. The number of alkyl halides is 1. The molecular formula is C14H16Cl2O2.